The molecular weight excluding hydrogens is 431 g/mol. The van der Waals surface area contributed by atoms with Crippen molar-refractivity contribution >= 4 is 23.3 Å². The van der Waals surface area contributed by atoms with Crippen LogP contribution in [0.25, 0.3) is 5.69 Å². The topological polar surface area (TPSA) is 56.6 Å². The quantitative estimate of drug-likeness (QED) is 0.582. The molecule has 1 saturated heterocycles. The van der Waals surface area contributed by atoms with Crippen molar-refractivity contribution in [1.29, 1.82) is 0 Å². The minimum atomic E-state index is -0.445. The number of aromatic nitrogens is 2. The van der Waals surface area contributed by atoms with Crippen LogP contribution in [-0.4, -0.2) is 52.7 Å². The summed E-state index contributed by atoms with van der Waals surface area (Å²) in [6.07, 6.45) is 4.24. The van der Waals surface area contributed by atoms with Gasteiger partial charge >= 0.3 is 6.03 Å². The van der Waals surface area contributed by atoms with E-state index in [2.05, 4.69) is 10.4 Å². The number of halogens is 2. The molecule has 7 nitrogen and oxygen atoms in total. The van der Waals surface area contributed by atoms with Crippen LogP contribution in [0.2, 0.25) is 5.02 Å². The van der Waals surface area contributed by atoms with E-state index >= 15 is 4.39 Å². The standard InChI is InChI=1S/C23H26ClFN6O/c1-28(2)16-22-26-10-13-29(22)19-8-9-21(20(25)14-19)30-11-3-12-31(23(30)32)27-15-17-4-6-18(24)7-5-17/h4-10,13-14,27H,3,11-12,15-16H2,1-2H3. The van der Waals surface area contributed by atoms with E-state index in [1.165, 1.54) is 16.0 Å². The minimum Gasteiger partial charge on any atom is -0.303 e. The average molecular weight is 457 g/mol. The molecule has 4 rings (SSSR count). The Morgan fingerprint density at radius 1 is 1.16 bits per heavy atom. The number of amides is 2. The van der Waals surface area contributed by atoms with Gasteiger partial charge in [0.15, 0.2) is 0 Å². The third kappa shape index (κ3) is 4.93. The van der Waals surface area contributed by atoms with E-state index in [-0.39, 0.29) is 11.7 Å². The summed E-state index contributed by atoms with van der Waals surface area (Å²) in [5.74, 6) is 0.369. The largest absolute Gasteiger partial charge is 0.338 e. The van der Waals surface area contributed by atoms with Gasteiger partial charge in [-0.05, 0) is 50.3 Å². The Bertz CT molecular complexity index is 1080. The molecular formula is C23H26ClFN6O. The van der Waals surface area contributed by atoms with Gasteiger partial charge in [-0.1, -0.05) is 23.7 Å². The predicted octanol–water partition coefficient (Wildman–Crippen LogP) is 4.06. The third-order valence-electron chi connectivity index (χ3n) is 5.29. The summed E-state index contributed by atoms with van der Waals surface area (Å²) in [5.41, 5.74) is 5.09. The maximum absolute atomic E-state index is 15.1. The molecule has 0 radical (unpaired) electrons. The van der Waals surface area contributed by atoms with Crippen LogP contribution in [0, 0.1) is 5.82 Å². The number of hydrogen-bond donors (Lipinski definition) is 1. The fourth-order valence-corrected chi connectivity index (χ4v) is 3.84. The maximum Gasteiger partial charge on any atom is 0.338 e. The van der Waals surface area contributed by atoms with Crippen LogP contribution >= 0.6 is 11.6 Å². The van der Waals surface area contributed by atoms with Crippen molar-refractivity contribution < 1.29 is 9.18 Å². The molecule has 0 spiro atoms. The number of hydrazine groups is 1. The van der Waals surface area contributed by atoms with Crippen LogP contribution in [0.4, 0.5) is 14.9 Å². The second kappa shape index (κ2) is 9.68. The Morgan fingerprint density at radius 2 is 1.94 bits per heavy atom. The smallest absolute Gasteiger partial charge is 0.303 e. The Kier molecular flexibility index (Phi) is 6.74. The van der Waals surface area contributed by atoms with E-state index in [1.54, 1.807) is 12.3 Å². The molecule has 1 N–H and O–H groups in total. The van der Waals surface area contributed by atoms with Gasteiger partial charge < -0.3 is 9.47 Å². The molecule has 1 aromatic heterocycles. The van der Waals surface area contributed by atoms with Gasteiger partial charge in [-0.15, -0.1) is 0 Å². The number of nitrogens with one attached hydrogen (secondary N) is 1. The van der Waals surface area contributed by atoms with Gasteiger partial charge in [0.1, 0.15) is 11.6 Å². The first-order chi connectivity index (χ1) is 15.4. The number of carbonyl (C=O) groups excluding carboxylic acids is 1. The van der Waals surface area contributed by atoms with E-state index < -0.39 is 5.82 Å². The fourth-order valence-electron chi connectivity index (χ4n) is 3.72. The maximum atomic E-state index is 15.1. The number of urea groups is 1. The zero-order valence-electron chi connectivity index (χ0n) is 18.1. The van der Waals surface area contributed by atoms with E-state index in [1.807, 2.05) is 60.1 Å². The molecule has 2 amide bonds. The SMILES string of the molecule is CN(C)Cc1nccn1-c1ccc(N2CCCN(NCc3ccc(Cl)cc3)C2=O)c(F)c1. The number of nitrogens with zero attached hydrogens (tertiary/aromatic N) is 5. The lowest BCUT2D eigenvalue weighted by atomic mass is 10.2. The van der Waals surface area contributed by atoms with Crippen molar-refractivity contribution in [1.82, 2.24) is 24.9 Å². The van der Waals surface area contributed by atoms with Crippen molar-refractivity contribution in [2.24, 2.45) is 0 Å². The van der Waals surface area contributed by atoms with E-state index in [0.717, 1.165) is 17.8 Å². The second-order valence-electron chi connectivity index (χ2n) is 7.99. The Balaban J connectivity index is 1.48. The van der Waals surface area contributed by atoms with Crippen LogP contribution < -0.4 is 10.3 Å². The number of rotatable bonds is 7. The molecule has 2 heterocycles. The normalized spacial score (nSPS) is 14.5. The summed E-state index contributed by atoms with van der Waals surface area (Å²) < 4.78 is 17.0. The summed E-state index contributed by atoms with van der Waals surface area (Å²) >= 11 is 5.93. The zero-order valence-corrected chi connectivity index (χ0v) is 18.9. The highest BCUT2D eigenvalue weighted by molar-refractivity contribution is 6.30. The first-order valence-electron chi connectivity index (χ1n) is 10.5. The predicted molar refractivity (Wildman–Crippen MR) is 123 cm³/mol. The van der Waals surface area contributed by atoms with E-state index in [0.29, 0.717) is 36.9 Å². The minimum absolute atomic E-state index is 0.269. The molecule has 168 valence electrons. The molecule has 3 aromatic rings. The third-order valence-corrected chi connectivity index (χ3v) is 5.54. The number of anilines is 1. The van der Waals surface area contributed by atoms with Crippen LogP contribution in [0.5, 0.6) is 0 Å². The summed E-state index contributed by atoms with van der Waals surface area (Å²) in [6, 6.07) is 12.1. The molecule has 32 heavy (non-hydrogen) atoms. The Labute approximate surface area is 192 Å². The van der Waals surface area contributed by atoms with Crippen molar-refractivity contribution in [3.63, 3.8) is 0 Å². The van der Waals surface area contributed by atoms with Gasteiger partial charge in [-0.25, -0.2) is 19.6 Å². The van der Waals surface area contributed by atoms with Gasteiger partial charge in [-0.3, -0.25) is 9.91 Å². The number of hydrogen-bond acceptors (Lipinski definition) is 4. The van der Waals surface area contributed by atoms with Crippen molar-refractivity contribution in [2.45, 2.75) is 19.5 Å². The van der Waals surface area contributed by atoms with E-state index in [4.69, 9.17) is 11.6 Å². The molecule has 1 aliphatic rings. The van der Waals surface area contributed by atoms with Gasteiger partial charge in [0, 0.05) is 48.8 Å². The molecule has 2 aromatic carbocycles. The van der Waals surface area contributed by atoms with E-state index in [9.17, 15) is 4.79 Å². The lowest BCUT2D eigenvalue weighted by Gasteiger charge is -2.36. The Morgan fingerprint density at radius 3 is 2.66 bits per heavy atom. The van der Waals surface area contributed by atoms with Gasteiger partial charge in [0.25, 0.3) is 0 Å². The van der Waals surface area contributed by atoms with Crippen molar-refractivity contribution in [3.05, 3.63) is 77.1 Å². The molecule has 1 aliphatic heterocycles. The fraction of sp³-hybridized carbons (Fsp3) is 0.304. The van der Waals surface area contributed by atoms with Gasteiger partial charge in [-0.2, -0.15) is 0 Å². The zero-order chi connectivity index (χ0) is 22.7. The summed E-state index contributed by atoms with van der Waals surface area (Å²) in [7, 11) is 3.91. The van der Waals surface area contributed by atoms with Crippen LogP contribution in [0.1, 0.15) is 17.8 Å². The summed E-state index contributed by atoms with van der Waals surface area (Å²) in [6.45, 7) is 2.14. The molecule has 1 fully saturated rings. The van der Waals surface area contributed by atoms with Crippen LogP contribution in [0.3, 0.4) is 0 Å². The number of benzene rings is 2. The Hall–Kier alpha value is -2.94. The second-order valence-corrected chi connectivity index (χ2v) is 8.42. The molecule has 0 aliphatic carbocycles. The number of carbonyl (C=O) groups is 1. The molecule has 0 atom stereocenters. The molecule has 9 heteroatoms. The molecule has 0 bridgehead atoms. The highest BCUT2D eigenvalue weighted by atomic mass is 35.5. The van der Waals surface area contributed by atoms with Gasteiger partial charge in [0.05, 0.1) is 12.2 Å². The van der Waals surface area contributed by atoms with Crippen molar-refractivity contribution in [2.75, 3.05) is 32.1 Å². The summed E-state index contributed by atoms with van der Waals surface area (Å²) in [5, 5.41) is 2.20. The number of imidazole rings is 1. The van der Waals surface area contributed by atoms with Crippen LogP contribution in [-0.2, 0) is 13.1 Å². The average Bonchev–Trinajstić information content (AvgIpc) is 3.22. The van der Waals surface area contributed by atoms with Crippen molar-refractivity contribution in [3.8, 4) is 5.69 Å². The monoisotopic (exact) mass is 456 g/mol. The highest BCUT2D eigenvalue weighted by Gasteiger charge is 2.28. The molecule has 0 unspecified atom stereocenters. The highest BCUT2D eigenvalue weighted by Crippen LogP contribution is 2.26. The van der Waals surface area contributed by atoms with Gasteiger partial charge in [0.2, 0.25) is 0 Å². The van der Waals surface area contributed by atoms with Crippen LogP contribution in [0.15, 0.2) is 54.9 Å². The lowest BCUT2D eigenvalue weighted by Crippen LogP contribution is -2.55. The first kappa shape index (κ1) is 22.3. The first-order valence-corrected chi connectivity index (χ1v) is 10.8. The lowest BCUT2D eigenvalue weighted by molar-refractivity contribution is 0.164. The summed E-state index contributed by atoms with van der Waals surface area (Å²) in [4.78, 5) is 20.9. The molecule has 0 saturated carbocycles.